The van der Waals surface area contributed by atoms with Crippen LogP contribution >= 0.6 is 0 Å². The molecule has 1 aliphatic rings. The number of amides is 3. The molecule has 0 spiro atoms. The SMILES string of the molecule is CCNC(=O)NC1CCN1C(=O)OC(C)(C)C. The maximum atomic E-state index is 11.7. The van der Waals surface area contributed by atoms with Gasteiger partial charge in [0, 0.05) is 19.5 Å². The molecule has 2 N–H and O–H groups in total. The smallest absolute Gasteiger partial charge is 0.411 e. The summed E-state index contributed by atoms with van der Waals surface area (Å²) in [7, 11) is 0. The second-order valence-electron chi connectivity index (χ2n) is 4.98. The van der Waals surface area contributed by atoms with Crippen LogP contribution in [-0.2, 0) is 4.74 Å². The number of nitrogens with zero attached hydrogens (tertiary/aromatic N) is 1. The molecule has 1 aliphatic heterocycles. The fraction of sp³-hybridized carbons (Fsp3) is 0.818. The monoisotopic (exact) mass is 243 g/mol. The number of rotatable bonds is 2. The van der Waals surface area contributed by atoms with Gasteiger partial charge in [-0.05, 0) is 27.7 Å². The van der Waals surface area contributed by atoms with Crippen LogP contribution in [0.1, 0.15) is 34.1 Å². The average molecular weight is 243 g/mol. The van der Waals surface area contributed by atoms with Crippen LogP contribution in [0.25, 0.3) is 0 Å². The molecule has 0 aromatic heterocycles. The first-order chi connectivity index (χ1) is 7.83. The third-order valence-corrected chi connectivity index (χ3v) is 2.28. The first-order valence-corrected chi connectivity index (χ1v) is 5.87. The Morgan fingerprint density at radius 3 is 2.47 bits per heavy atom. The Bertz CT molecular complexity index is 299. The van der Waals surface area contributed by atoms with Crippen LogP contribution in [0, 0.1) is 0 Å². The van der Waals surface area contributed by atoms with E-state index in [4.69, 9.17) is 4.74 Å². The fourth-order valence-electron chi connectivity index (χ4n) is 1.44. The van der Waals surface area contributed by atoms with Crippen LogP contribution in [0.5, 0.6) is 0 Å². The van der Waals surface area contributed by atoms with Gasteiger partial charge >= 0.3 is 12.1 Å². The third kappa shape index (κ3) is 4.13. The number of urea groups is 1. The predicted octanol–water partition coefficient (Wildman–Crippen LogP) is 1.27. The van der Waals surface area contributed by atoms with Crippen molar-refractivity contribution < 1.29 is 14.3 Å². The number of carbonyl (C=O) groups excluding carboxylic acids is 2. The van der Waals surface area contributed by atoms with Crippen LogP contribution in [0.15, 0.2) is 0 Å². The summed E-state index contributed by atoms with van der Waals surface area (Å²) in [5, 5.41) is 5.33. The fourth-order valence-corrected chi connectivity index (χ4v) is 1.44. The van der Waals surface area contributed by atoms with Gasteiger partial charge in [0.25, 0.3) is 0 Å². The van der Waals surface area contributed by atoms with E-state index in [2.05, 4.69) is 10.6 Å². The number of likely N-dealkylation sites (tertiary alicyclic amines) is 1. The molecular weight excluding hydrogens is 222 g/mol. The molecule has 6 heteroatoms. The van der Waals surface area contributed by atoms with Crippen LogP contribution in [0.2, 0.25) is 0 Å². The largest absolute Gasteiger partial charge is 0.444 e. The number of ether oxygens (including phenoxy) is 1. The minimum atomic E-state index is -0.511. The van der Waals surface area contributed by atoms with Crippen LogP contribution < -0.4 is 10.6 Å². The topological polar surface area (TPSA) is 70.7 Å². The van der Waals surface area contributed by atoms with E-state index in [1.807, 2.05) is 27.7 Å². The Morgan fingerprint density at radius 1 is 1.41 bits per heavy atom. The van der Waals surface area contributed by atoms with Crippen molar-refractivity contribution in [3.63, 3.8) is 0 Å². The summed E-state index contributed by atoms with van der Waals surface area (Å²) in [6, 6.07) is -0.259. The highest BCUT2D eigenvalue weighted by atomic mass is 16.6. The minimum absolute atomic E-state index is 0.253. The molecule has 0 aromatic carbocycles. The second kappa shape index (κ2) is 5.25. The van der Waals surface area contributed by atoms with Crippen molar-refractivity contribution in [2.45, 2.75) is 45.9 Å². The van der Waals surface area contributed by atoms with E-state index in [1.54, 1.807) is 0 Å². The lowest BCUT2D eigenvalue weighted by molar-refractivity contribution is -0.00922. The molecule has 1 atom stereocenters. The maximum Gasteiger partial charge on any atom is 0.411 e. The van der Waals surface area contributed by atoms with Crippen molar-refractivity contribution in [3.05, 3.63) is 0 Å². The van der Waals surface area contributed by atoms with Crippen LogP contribution in [0.4, 0.5) is 9.59 Å². The van der Waals surface area contributed by atoms with Crippen molar-refractivity contribution in [2.75, 3.05) is 13.1 Å². The van der Waals surface area contributed by atoms with E-state index in [9.17, 15) is 9.59 Å². The zero-order chi connectivity index (χ0) is 13.1. The Labute approximate surface area is 102 Å². The molecule has 1 rings (SSSR count). The van der Waals surface area contributed by atoms with Crippen molar-refractivity contribution in [1.82, 2.24) is 15.5 Å². The molecule has 17 heavy (non-hydrogen) atoms. The Morgan fingerprint density at radius 2 is 2.06 bits per heavy atom. The summed E-state index contributed by atoms with van der Waals surface area (Å²) < 4.78 is 5.23. The van der Waals surface area contributed by atoms with E-state index in [-0.39, 0.29) is 18.3 Å². The highest BCUT2D eigenvalue weighted by molar-refractivity contribution is 5.76. The zero-order valence-electron chi connectivity index (χ0n) is 10.9. The van der Waals surface area contributed by atoms with Gasteiger partial charge in [-0.3, -0.25) is 4.90 Å². The molecule has 1 unspecified atom stereocenters. The van der Waals surface area contributed by atoms with E-state index >= 15 is 0 Å². The van der Waals surface area contributed by atoms with Crippen LogP contribution in [0.3, 0.4) is 0 Å². The van der Waals surface area contributed by atoms with Gasteiger partial charge in [-0.25, -0.2) is 9.59 Å². The molecular formula is C11H21N3O3. The minimum Gasteiger partial charge on any atom is -0.444 e. The number of hydrogen-bond acceptors (Lipinski definition) is 3. The summed E-state index contributed by atoms with van der Waals surface area (Å²) >= 11 is 0. The summed E-state index contributed by atoms with van der Waals surface area (Å²) in [4.78, 5) is 24.5. The Hall–Kier alpha value is -1.46. The molecule has 0 aliphatic carbocycles. The van der Waals surface area contributed by atoms with Crippen molar-refractivity contribution in [1.29, 1.82) is 0 Å². The van der Waals surface area contributed by atoms with E-state index in [1.165, 1.54) is 4.90 Å². The second-order valence-corrected chi connectivity index (χ2v) is 4.98. The van der Waals surface area contributed by atoms with Gasteiger partial charge in [0.2, 0.25) is 0 Å². The lowest BCUT2D eigenvalue weighted by Gasteiger charge is -2.41. The normalized spacial score (nSPS) is 19.3. The van der Waals surface area contributed by atoms with Crippen molar-refractivity contribution in [2.24, 2.45) is 0 Å². The predicted molar refractivity (Wildman–Crippen MR) is 63.6 cm³/mol. The molecule has 1 heterocycles. The van der Waals surface area contributed by atoms with E-state index in [0.29, 0.717) is 13.1 Å². The molecule has 0 bridgehead atoms. The molecule has 0 radical (unpaired) electrons. The highest BCUT2D eigenvalue weighted by Crippen LogP contribution is 2.19. The summed E-state index contributed by atoms with van der Waals surface area (Å²) in [6.45, 7) is 8.47. The number of hydrogen-bond donors (Lipinski definition) is 2. The molecule has 0 saturated carbocycles. The molecule has 6 nitrogen and oxygen atoms in total. The lowest BCUT2D eigenvalue weighted by atomic mass is 10.1. The van der Waals surface area contributed by atoms with E-state index < -0.39 is 5.60 Å². The van der Waals surface area contributed by atoms with Gasteiger partial charge < -0.3 is 15.4 Å². The van der Waals surface area contributed by atoms with Crippen LogP contribution in [-0.4, -0.2) is 41.9 Å². The molecule has 1 saturated heterocycles. The molecule has 0 aromatic rings. The van der Waals surface area contributed by atoms with Gasteiger partial charge in [0.15, 0.2) is 0 Å². The molecule has 1 fully saturated rings. The first kappa shape index (κ1) is 13.6. The zero-order valence-corrected chi connectivity index (χ0v) is 10.9. The molecule has 98 valence electrons. The number of carbonyl (C=O) groups is 2. The van der Waals surface area contributed by atoms with Gasteiger partial charge in [-0.2, -0.15) is 0 Å². The maximum absolute atomic E-state index is 11.7. The quantitative estimate of drug-likeness (QED) is 0.767. The first-order valence-electron chi connectivity index (χ1n) is 5.87. The van der Waals surface area contributed by atoms with E-state index in [0.717, 1.165) is 6.42 Å². The van der Waals surface area contributed by atoms with Gasteiger partial charge in [-0.1, -0.05) is 0 Å². The van der Waals surface area contributed by atoms with Gasteiger partial charge in [0.05, 0.1) is 0 Å². The standard InChI is InChI=1S/C11H21N3O3/c1-5-12-9(15)13-8-6-7-14(8)10(16)17-11(2,3)4/h8H,5-7H2,1-4H3,(H2,12,13,15). The van der Waals surface area contributed by atoms with Crippen molar-refractivity contribution in [3.8, 4) is 0 Å². The van der Waals surface area contributed by atoms with Crippen molar-refractivity contribution >= 4 is 12.1 Å². The summed E-state index contributed by atoms with van der Waals surface area (Å²) in [6.07, 6.45) is 0.123. The highest BCUT2D eigenvalue weighted by Gasteiger charge is 2.36. The average Bonchev–Trinajstić information content (AvgIpc) is 2.09. The Balaban J connectivity index is 2.40. The summed E-state index contributed by atoms with van der Waals surface area (Å²) in [5.74, 6) is 0. The van der Waals surface area contributed by atoms with Gasteiger partial charge in [-0.15, -0.1) is 0 Å². The molecule has 3 amide bonds. The Kier molecular flexibility index (Phi) is 4.20. The summed E-state index contributed by atoms with van der Waals surface area (Å²) in [5.41, 5.74) is -0.511. The van der Waals surface area contributed by atoms with Gasteiger partial charge in [0.1, 0.15) is 11.8 Å². The number of nitrogens with one attached hydrogen (secondary N) is 2. The third-order valence-electron chi connectivity index (χ3n) is 2.28. The lowest BCUT2D eigenvalue weighted by Crippen LogP contribution is -2.61.